The molecule has 0 unspecified atom stereocenters. The number of nitrogens with zero attached hydrogens (tertiary/aromatic N) is 3. The van der Waals surface area contributed by atoms with Crippen LogP contribution in [0.25, 0.3) is 0 Å². The molecule has 1 rings (SSSR count). The molecule has 0 atom stereocenters. The summed E-state index contributed by atoms with van der Waals surface area (Å²) in [6, 6.07) is 5.32. The minimum atomic E-state index is -0.163. The van der Waals surface area contributed by atoms with Crippen molar-refractivity contribution in [1.82, 2.24) is 4.90 Å². The Hall–Kier alpha value is -2.61. The lowest BCUT2D eigenvalue weighted by Gasteiger charge is -2.11. The van der Waals surface area contributed by atoms with Gasteiger partial charge in [0.2, 0.25) is 11.9 Å². The van der Waals surface area contributed by atoms with Crippen LogP contribution in [-0.4, -0.2) is 43.4 Å². The van der Waals surface area contributed by atoms with Crippen molar-refractivity contribution in [1.29, 1.82) is 0 Å². The second kappa shape index (κ2) is 7.25. The molecule has 21 heavy (non-hydrogen) atoms. The Bertz CT molecular complexity index is 574. The summed E-state index contributed by atoms with van der Waals surface area (Å²) < 4.78 is 0. The summed E-state index contributed by atoms with van der Waals surface area (Å²) in [5.74, 6) is -0.324. The molecular weight excluding hydrogens is 270 g/mol. The molecule has 1 amide bonds. The summed E-state index contributed by atoms with van der Waals surface area (Å²) in [5, 5.41) is 2.78. The fourth-order valence-corrected chi connectivity index (χ4v) is 1.58. The number of carbonyl (C=O) groups is 1. The zero-order valence-corrected chi connectivity index (χ0v) is 12.4. The Morgan fingerprint density at radius 1 is 1.29 bits per heavy atom. The largest absolute Gasteiger partial charge is 0.370 e. The van der Waals surface area contributed by atoms with Crippen LogP contribution in [0.4, 0.5) is 11.4 Å². The van der Waals surface area contributed by atoms with Crippen molar-refractivity contribution in [3.63, 3.8) is 0 Å². The van der Waals surface area contributed by atoms with Gasteiger partial charge in [0.25, 0.3) is 0 Å². The van der Waals surface area contributed by atoms with Crippen LogP contribution in [-0.2, 0) is 4.79 Å². The SMILES string of the molecule is Cc1ccc(NC(=O)CN(C)C)cc1N=C(N)N=C(N)N. The van der Waals surface area contributed by atoms with Gasteiger partial charge in [-0.05, 0) is 38.7 Å². The van der Waals surface area contributed by atoms with Crippen LogP contribution in [0, 0.1) is 6.92 Å². The Balaban J connectivity index is 2.95. The summed E-state index contributed by atoms with van der Waals surface area (Å²) >= 11 is 0. The first-order valence-corrected chi connectivity index (χ1v) is 6.27. The van der Waals surface area contributed by atoms with Gasteiger partial charge < -0.3 is 27.4 Å². The number of nitrogens with one attached hydrogen (secondary N) is 1. The summed E-state index contributed by atoms with van der Waals surface area (Å²) in [6.07, 6.45) is 0. The van der Waals surface area contributed by atoms with Gasteiger partial charge in [-0.1, -0.05) is 6.07 Å². The van der Waals surface area contributed by atoms with Crippen LogP contribution in [0.2, 0.25) is 0 Å². The third-order valence-corrected chi connectivity index (χ3v) is 2.43. The topological polar surface area (TPSA) is 135 Å². The quantitative estimate of drug-likeness (QED) is 0.447. The molecule has 0 aliphatic heterocycles. The lowest BCUT2D eigenvalue weighted by Crippen LogP contribution is -2.27. The number of rotatable bonds is 4. The van der Waals surface area contributed by atoms with Gasteiger partial charge in [0.1, 0.15) is 0 Å². The molecular formula is C13H21N7O. The Morgan fingerprint density at radius 3 is 2.52 bits per heavy atom. The van der Waals surface area contributed by atoms with Crippen LogP contribution in [0.15, 0.2) is 28.2 Å². The van der Waals surface area contributed by atoms with Gasteiger partial charge in [0, 0.05) is 5.69 Å². The van der Waals surface area contributed by atoms with Crippen LogP contribution >= 0.6 is 0 Å². The van der Waals surface area contributed by atoms with Gasteiger partial charge in [-0.3, -0.25) is 4.79 Å². The molecule has 0 heterocycles. The number of guanidine groups is 2. The number of nitrogens with two attached hydrogens (primary N) is 3. The zero-order valence-electron chi connectivity index (χ0n) is 12.4. The van der Waals surface area contributed by atoms with E-state index in [4.69, 9.17) is 17.2 Å². The fourth-order valence-electron chi connectivity index (χ4n) is 1.58. The van der Waals surface area contributed by atoms with E-state index in [0.29, 0.717) is 17.9 Å². The van der Waals surface area contributed by atoms with Crippen molar-refractivity contribution < 1.29 is 4.79 Å². The highest BCUT2D eigenvalue weighted by Gasteiger charge is 2.06. The molecule has 0 aliphatic carbocycles. The Morgan fingerprint density at radius 2 is 1.95 bits per heavy atom. The van der Waals surface area contributed by atoms with Gasteiger partial charge in [0.15, 0.2) is 5.96 Å². The summed E-state index contributed by atoms with van der Waals surface area (Å²) in [5.41, 5.74) is 18.2. The summed E-state index contributed by atoms with van der Waals surface area (Å²) in [6.45, 7) is 2.16. The van der Waals surface area contributed by atoms with Crippen LogP contribution in [0.1, 0.15) is 5.56 Å². The second-order valence-corrected chi connectivity index (χ2v) is 4.79. The first kappa shape index (κ1) is 16.4. The highest BCUT2D eigenvalue weighted by molar-refractivity contribution is 5.95. The number of benzene rings is 1. The number of aryl methyl sites for hydroxylation is 1. The predicted molar refractivity (Wildman–Crippen MR) is 85.5 cm³/mol. The highest BCUT2D eigenvalue weighted by Crippen LogP contribution is 2.23. The van der Waals surface area contributed by atoms with Crippen LogP contribution in [0.3, 0.4) is 0 Å². The zero-order chi connectivity index (χ0) is 16.0. The van der Waals surface area contributed by atoms with E-state index in [-0.39, 0.29) is 17.8 Å². The molecule has 0 spiro atoms. The van der Waals surface area contributed by atoms with E-state index >= 15 is 0 Å². The molecule has 0 aliphatic rings. The van der Waals surface area contributed by atoms with Crippen molar-refractivity contribution in [3.05, 3.63) is 23.8 Å². The summed E-state index contributed by atoms with van der Waals surface area (Å²) in [4.78, 5) is 21.3. The van der Waals surface area contributed by atoms with E-state index in [1.165, 1.54) is 0 Å². The van der Waals surface area contributed by atoms with Crippen LogP contribution < -0.4 is 22.5 Å². The standard InChI is InChI=1S/C13H21N7O/c1-8-4-5-9(17-11(21)7-20(2)3)6-10(8)18-13(16)19-12(14)15/h4-6H,7H2,1-3H3,(H,17,21)(H6,14,15,16,18,19). The van der Waals surface area contributed by atoms with Gasteiger partial charge >= 0.3 is 0 Å². The number of aliphatic imine (C=N–C) groups is 2. The molecule has 0 fully saturated rings. The molecule has 114 valence electrons. The number of hydrogen-bond acceptors (Lipinski definition) is 3. The van der Waals surface area contributed by atoms with E-state index in [2.05, 4.69) is 15.3 Å². The third-order valence-electron chi connectivity index (χ3n) is 2.43. The number of amides is 1. The Kier molecular flexibility index (Phi) is 5.67. The highest BCUT2D eigenvalue weighted by atomic mass is 16.2. The van der Waals surface area contributed by atoms with Crippen molar-refractivity contribution in [2.24, 2.45) is 27.2 Å². The smallest absolute Gasteiger partial charge is 0.238 e. The normalized spacial score (nSPS) is 11.3. The molecule has 7 N–H and O–H groups in total. The molecule has 1 aromatic carbocycles. The molecule has 0 saturated carbocycles. The van der Waals surface area contributed by atoms with Crippen molar-refractivity contribution in [3.8, 4) is 0 Å². The molecule has 8 nitrogen and oxygen atoms in total. The average Bonchev–Trinajstić information content (AvgIpc) is 2.31. The second-order valence-electron chi connectivity index (χ2n) is 4.79. The maximum atomic E-state index is 11.7. The van der Waals surface area contributed by atoms with Crippen molar-refractivity contribution >= 4 is 29.2 Å². The molecule has 0 radical (unpaired) electrons. The number of hydrogen-bond donors (Lipinski definition) is 4. The van der Waals surface area contributed by atoms with E-state index in [9.17, 15) is 4.79 Å². The first-order valence-electron chi connectivity index (χ1n) is 6.27. The molecule has 0 bridgehead atoms. The van der Waals surface area contributed by atoms with Crippen molar-refractivity contribution in [2.75, 3.05) is 26.0 Å². The summed E-state index contributed by atoms with van der Waals surface area (Å²) in [7, 11) is 3.64. The minimum absolute atomic E-state index is 0.0464. The number of likely N-dealkylation sites (N-methyl/N-ethyl adjacent to an activating group) is 1. The fraction of sp³-hybridized carbons (Fsp3) is 0.308. The Labute approximate surface area is 123 Å². The first-order chi connectivity index (χ1) is 9.77. The van der Waals surface area contributed by atoms with Gasteiger partial charge in [-0.25, -0.2) is 4.99 Å². The van der Waals surface area contributed by atoms with E-state index in [0.717, 1.165) is 5.56 Å². The van der Waals surface area contributed by atoms with E-state index < -0.39 is 0 Å². The lowest BCUT2D eigenvalue weighted by atomic mass is 10.2. The van der Waals surface area contributed by atoms with E-state index in [1.807, 2.05) is 27.1 Å². The lowest BCUT2D eigenvalue weighted by molar-refractivity contribution is -0.116. The maximum Gasteiger partial charge on any atom is 0.238 e. The molecule has 0 aromatic heterocycles. The van der Waals surface area contributed by atoms with Gasteiger partial charge in [0.05, 0.1) is 12.2 Å². The predicted octanol–water partition coefficient (Wildman–Crippen LogP) is -0.285. The monoisotopic (exact) mass is 291 g/mol. The number of anilines is 1. The molecule has 8 heteroatoms. The number of carbonyl (C=O) groups excluding carboxylic acids is 1. The van der Waals surface area contributed by atoms with Gasteiger partial charge in [-0.15, -0.1) is 0 Å². The third kappa shape index (κ3) is 5.91. The van der Waals surface area contributed by atoms with Crippen LogP contribution in [0.5, 0.6) is 0 Å². The molecule has 1 aromatic rings. The minimum Gasteiger partial charge on any atom is -0.370 e. The maximum absolute atomic E-state index is 11.7. The average molecular weight is 291 g/mol. The van der Waals surface area contributed by atoms with Crippen molar-refractivity contribution in [2.45, 2.75) is 6.92 Å². The molecule has 0 saturated heterocycles. The van der Waals surface area contributed by atoms with E-state index in [1.54, 1.807) is 17.0 Å². The van der Waals surface area contributed by atoms with Gasteiger partial charge in [-0.2, -0.15) is 4.99 Å².